The van der Waals surface area contributed by atoms with Crippen LogP contribution >= 0.6 is 15.9 Å². The van der Waals surface area contributed by atoms with E-state index < -0.39 is 6.09 Å². The molecule has 0 saturated heterocycles. The van der Waals surface area contributed by atoms with E-state index in [-0.39, 0.29) is 5.88 Å². The highest BCUT2D eigenvalue weighted by Crippen LogP contribution is 2.12. The molecule has 4 nitrogen and oxygen atoms in total. The highest BCUT2D eigenvalue weighted by molar-refractivity contribution is 9.10. The summed E-state index contributed by atoms with van der Waals surface area (Å²) in [6.45, 7) is 0. The molecule has 0 fully saturated rings. The molecule has 0 atom stereocenters. The molecule has 1 amide bonds. The van der Waals surface area contributed by atoms with Gasteiger partial charge in [0.2, 0.25) is 5.88 Å². The lowest BCUT2D eigenvalue weighted by Crippen LogP contribution is -2.25. The lowest BCUT2D eigenvalue weighted by Gasteiger charge is -2.09. The van der Waals surface area contributed by atoms with Crippen molar-refractivity contribution in [3.8, 4) is 5.88 Å². The predicted molar refractivity (Wildman–Crippen MR) is 51.6 cm³/mol. The van der Waals surface area contributed by atoms with Crippen LogP contribution in [0.4, 0.5) is 4.79 Å². The van der Waals surface area contributed by atoms with Gasteiger partial charge in [-0.1, -0.05) is 6.07 Å². The van der Waals surface area contributed by atoms with E-state index in [1.54, 1.807) is 32.3 Å². The Morgan fingerprint density at radius 2 is 2.23 bits per heavy atom. The van der Waals surface area contributed by atoms with Crippen molar-refractivity contribution >= 4 is 22.0 Å². The number of nitrogens with zero attached hydrogens (tertiary/aromatic N) is 2. The fourth-order valence-corrected chi connectivity index (χ4v) is 0.955. The van der Waals surface area contributed by atoms with Gasteiger partial charge in [-0.05, 0) is 22.0 Å². The third kappa shape index (κ3) is 3.02. The molecule has 0 aliphatic carbocycles. The Bertz CT molecular complexity index is 315. The second kappa shape index (κ2) is 4.23. The zero-order valence-corrected chi connectivity index (χ0v) is 8.91. The normalized spacial score (nSPS) is 9.46. The number of halogens is 1. The van der Waals surface area contributed by atoms with Crippen LogP contribution in [0.5, 0.6) is 5.88 Å². The van der Waals surface area contributed by atoms with E-state index in [1.165, 1.54) is 4.90 Å². The first kappa shape index (κ1) is 9.98. The minimum absolute atomic E-state index is 0.285. The Morgan fingerprint density at radius 3 is 2.77 bits per heavy atom. The molecule has 0 saturated carbocycles. The molecule has 0 aliphatic heterocycles. The van der Waals surface area contributed by atoms with Crippen molar-refractivity contribution in [3.05, 3.63) is 22.8 Å². The molecular weight excluding hydrogens is 236 g/mol. The number of amides is 1. The number of hydrogen-bond acceptors (Lipinski definition) is 3. The Kier molecular flexibility index (Phi) is 3.25. The van der Waals surface area contributed by atoms with Crippen LogP contribution in [0.15, 0.2) is 22.8 Å². The summed E-state index contributed by atoms with van der Waals surface area (Å²) in [4.78, 5) is 16.4. The van der Waals surface area contributed by atoms with Gasteiger partial charge in [-0.3, -0.25) is 0 Å². The van der Waals surface area contributed by atoms with Gasteiger partial charge in [-0.25, -0.2) is 9.78 Å². The molecule has 5 heteroatoms. The molecule has 0 radical (unpaired) electrons. The van der Waals surface area contributed by atoms with Gasteiger partial charge in [0.25, 0.3) is 0 Å². The van der Waals surface area contributed by atoms with Gasteiger partial charge in [-0.2, -0.15) is 0 Å². The van der Waals surface area contributed by atoms with Crippen molar-refractivity contribution in [2.24, 2.45) is 0 Å². The lowest BCUT2D eigenvalue weighted by atomic mass is 10.5. The second-order valence-electron chi connectivity index (χ2n) is 2.56. The molecular formula is C8H9BrN2O2. The maximum Gasteiger partial charge on any atom is 0.416 e. The maximum atomic E-state index is 11.1. The van der Waals surface area contributed by atoms with Gasteiger partial charge in [-0.15, -0.1) is 0 Å². The van der Waals surface area contributed by atoms with Gasteiger partial charge in [0.05, 0.1) is 0 Å². The lowest BCUT2D eigenvalue weighted by molar-refractivity contribution is 0.170. The second-order valence-corrected chi connectivity index (χ2v) is 3.37. The molecule has 13 heavy (non-hydrogen) atoms. The molecule has 0 aliphatic rings. The van der Waals surface area contributed by atoms with E-state index in [0.29, 0.717) is 4.60 Å². The van der Waals surface area contributed by atoms with Gasteiger partial charge in [0.15, 0.2) is 0 Å². The Hall–Kier alpha value is -1.10. The summed E-state index contributed by atoms with van der Waals surface area (Å²) < 4.78 is 5.54. The van der Waals surface area contributed by atoms with Crippen LogP contribution in [0, 0.1) is 0 Å². The number of hydrogen-bond donors (Lipinski definition) is 0. The van der Waals surface area contributed by atoms with E-state index in [2.05, 4.69) is 20.9 Å². The Labute approximate surface area is 84.6 Å². The summed E-state index contributed by atoms with van der Waals surface area (Å²) >= 11 is 3.17. The molecule has 0 N–H and O–H groups in total. The zero-order chi connectivity index (χ0) is 9.84. The molecule has 1 aromatic heterocycles. The van der Waals surface area contributed by atoms with E-state index in [1.807, 2.05) is 0 Å². The number of pyridine rings is 1. The summed E-state index contributed by atoms with van der Waals surface area (Å²) in [7, 11) is 3.22. The van der Waals surface area contributed by atoms with Crippen molar-refractivity contribution in [1.29, 1.82) is 0 Å². The van der Waals surface area contributed by atoms with Gasteiger partial charge < -0.3 is 9.64 Å². The standard InChI is InChI=1S/C8H9BrN2O2/c1-11(2)8(12)13-7-5-3-4-6(9)10-7/h3-5H,1-2H3. The van der Waals surface area contributed by atoms with Crippen LogP contribution < -0.4 is 4.74 Å². The summed E-state index contributed by atoms with van der Waals surface area (Å²) in [5.74, 6) is 0.285. The van der Waals surface area contributed by atoms with Crippen LogP contribution in [0.2, 0.25) is 0 Å². The van der Waals surface area contributed by atoms with Crippen LogP contribution in [0.3, 0.4) is 0 Å². The largest absolute Gasteiger partial charge is 0.416 e. The van der Waals surface area contributed by atoms with Gasteiger partial charge >= 0.3 is 6.09 Å². The molecule has 0 unspecified atom stereocenters. The van der Waals surface area contributed by atoms with Crippen molar-refractivity contribution < 1.29 is 9.53 Å². The molecule has 1 aromatic rings. The zero-order valence-electron chi connectivity index (χ0n) is 7.32. The quantitative estimate of drug-likeness (QED) is 0.709. The van der Waals surface area contributed by atoms with Crippen LogP contribution in [0.1, 0.15) is 0 Å². The summed E-state index contributed by atoms with van der Waals surface area (Å²) in [5, 5.41) is 0. The number of aromatic nitrogens is 1. The monoisotopic (exact) mass is 244 g/mol. The molecule has 70 valence electrons. The van der Waals surface area contributed by atoms with Crippen LogP contribution in [0.25, 0.3) is 0 Å². The number of ether oxygens (including phenoxy) is 1. The topological polar surface area (TPSA) is 42.4 Å². The first-order valence-corrected chi connectivity index (χ1v) is 4.40. The summed E-state index contributed by atoms with van der Waals surface area (Å²) in [6, 6.07) is 5.12. The Morgan fingerprint density at radius 1 is 1.54 bits per heavy atom. The minimum Gasteiger partial charge on any atom is -0.391 e. The molecule has 0 bridgehead atoms. The number of carbonyl (C=O) groups excluding carboxylic acids is 1. The third-order valence-corrected chi connectivity index (χ3v) is 1.69. The fraction of sp³-hybridized carbons (Fsp3) is 0.250. The number of carbonyl (C=O) groups is 1. The molecule has 1 heterocycles. The van der Waals surface area contributed by atoms with E-state index in [0.717, 1.165) is 0 Å². The van der Waals surface area contributed by atoms with E-state index >= 15 is 0 Å². The highest BCUT2D eigenvalue weighted by atomic mass is 79.9. The molecule has 0 spiro atoms. The molecule has 0 aromatic carbocycles. The van der Waals surface area contributed by atoms with E-state index in [4.69, 9.17) is 4.74 Å². The smallest absolute Gasteiger partial charge is 0.391 e. The van der Waals surface area contributed by atoms with Crippen molar-refractivity contribution in [2.75, 3.05) is 14.1 Å². The fourth-order valence-electron chi connectivity index (χ4n) is 0.627. The predicted octanol–water partition coefficient (Wildman–Crippen LogP) is 1.90. The first-order chi connectivity index (χ1) is 6.09. The van der Waals surface area contributed by atoms with Gasteiger partial charge in [0.1, 0.15) is 4.60 Å². The van der Waals surface area contributed by atoms with Crippen LogP contribution in [-0.2, 0) is 0 Å². The third-order valence-electron chi connectivity index (χ3n) is 1.25. The average Bonchev–Trinajstić information content (AvgIpc) is 2.04. The average molecular weight is 245 g/mol. The first-order valence-electron chi connectivity index (χ1n) is 3.61. The maximum absolute atomic E-state index is 11.1. The van der Waals surface area contributed by atoms with Gasteiger partial charge in [0, 0.05) is 20.2 Å². The van der Waals surface area contributed by atoms with Crippen molar-refractivity contribution in [3.63, 3.8) is 0 Å². The number of rotatable bonds is 1. The van der Waals surface area contributed by atoms with Crippen molar-refractivity contribution in [1.82, 2.24) is 9.88 Å². The minimum atomic E-state index is -0.439. The highest BCUT2D eigenvalue weighted by Gasteiger charge is 2.06. The summed E-state index contributed by atoms with van der Waals surface area (Å²) in [5.41, 5.74) is 0. The Balaban J connectivity index is 2.69. The van der Waals surface area contributed by atoms with Crippen molar-refractivity contribution in [2.45, 2.75) is 0 Å². The van der Waals surface area contributed by atoms with E-state index in [9.17, 15) is 4.79 Å². The SMILES string of the molecule is CN(C)C(=O)Oc1cccc(Br)n1. The van der Waals surface area contributed by atoms with Crippen LogP contribution in [-0.4, -0.2) is 30.1 Å². The molecule has 1 rings (SSSR count). The summed E-state index contributed by atoms with van der Waals surface area (Å²) in [6.07, 6.45) is -0.439.